The van der Waals surface area contributed by atoms with Gasteiger partial charge in [0.2, 0.25) is 5.91 Å². The van der Waals surface area contributed by atoms with Gasteiger partial charge in [0.25, 0.3) is 0 Å². The number of fused-ring (bicyclic) bond motifs is 1. The van der Waals surface area contributed by atoms with E-state index < -0.39 is 17.1 Å². The van der Waals surface area contributed by atoms with Crippen LogP contribution < -0.4 is 4.90 Å². The second-order valence-electron chi connectivity index (χ2n) is 7.63. The lowest BCUT2D eigenvalue weighted by molar-refractivity contribution is -0.122. The Morgan fingerprint density at radius 3 is 2.28 bits per heavy atom. The van der Waals surface area contributed by atoms with Crippen LogP contribution in [-0.4, -0.2) is 17.6 Å². The molecule has 0 bridgehead atoms. The molecule has 4 nitrogen and oxygen atoms in total. The highest BCUT2D eigenvalue weighted by Crippen LogP contribution is 2.44. The van der Waals surface area contributed by atoms with Crippen LogP contribution in [0.25, 0.3) is 0 Å². The van der Waals surface area contributed by atoms with E-state index in [9.17, 15) is 9.59 Å². The number of para-hydroxylation sites is 1. The Kier molecular flexibility index (Phi) is 4.15. The van der Waals surface area contributed by atoms with Crippen molar-refractivity contribution in [2.24, 2.45) is 0 Å². The number of amides is 2. The summed E-state index contributed by atoms with van der Waals surface area (Å²) in [5, 5.41) is 0. The Labute approximate surface area is 148 Å². The van der Waals surface area contributed by atoms with Gasteiger partial charge in [-0.2, -0.15) is 0 Å². The summed E-state index contributed by atoms with van der Waals surface area (Å²) in [4.78, 5) is 27.1. The second kappa shape index (κ2) is 6.03. The molecule has 1 heterocycles. The van der Waals surface area contributed by atoms with Crippen LogP contribution in [0, 0.1) is 0 Å². The van der Waals surface area contributed by atoms with E-state index in [-0.39, 0.29) is 5.91 Å². The zero-order valence-corrected chi connectivity index (χ0v) is 15.1. The van der Waals surface area contributed by atoms with Crippen LogP contribution >= 0.6 is 0 Å². The number of nitrogens with zero attached hydrogens (tertiary/aromatic N) is 1. The molecule has 2 amide bonds. The van der Waals surface area contributed by atoms with Crippen molar-refractivity contribution in [1.29, 1.82) is 0 Å². The predicted octanol–water partition coefficient (Wildman–Crippen LogP) is 4.47. The minimum absolute atomic E-state index is 0.244. The number of imide groups is 1. The summed E-state index contributed by atoms with van der Waals surface area (Å²) in [7, 11) is 0. The summed E-state index contributed by atoms with van der Waals surface area (Å²) >= 11 is 0. The topological polar surface area (TPSA) is 46.6 Å². The van der Waals surface area contributed by atoms with Crippen LogP contribution in [0.3, 0.4) is 0 Å². The van der Waals surface area contributed by atoms with Gasteiger partial charge in [-0.3, -0.25) is 4.79 Å². The molecule has 1 aliphatic rings. The molecule has 2 aromatic rings. The molecule has 130 valence electrons. The summed E-state index contributed by atoms with van der Waals surface area (Å²) in [5.41, 5.74) is 1.06. The maximum atomic E-state index is 13.2. The van der Waals surface area contributed by atoms with Gasteiger partial charge in [-0.25, -0.2) is 9.69 Å². The summed E-state index contributed by atoms with van der Waals surface area (Å²) < 4.78 is 5.46. The first-order valence-electron chi connectivity index (χ1n) is 8.43. The quantitative estimate of drug-likeness (QED) is 0.812. The lowest BCUT2D eigenvalue weighted by atomic mass is 9.78. The molecular formula is C21H23NO3. The number of ether oxygens (including phenoxy) is 1. The zero-order chi connectivity index (χ0) is 18.2. The molecular weight excluding hydrogens is 314 g/mol. The van der Waals surface area contributed by atoms with Crippen LogP contribution in [0.4, 0.5) is 10.5 Å². The zero-order valence-electron chi connectivity index (χ0n) is 15.1. The van der Waals surface area contributed by atoms with Crippen molar-refractivity contribution in [3.63, 3.8) is 0 Å². The third-order valence-electron chi connectivity index (χ3n) is 4.39. The molecule has 0 spiro atoms. The van der Waals surface area contributed by atoms with Gasteiger partial charge in [0.1, 0.15) is 5.60 Å². The van der Waals surface area contributed by atoms with E-state index in [4.69, 9.17) is 4.74 Å². The highest BCUT2D eigenvalue weighted by molar-refractivity contribution is 6.21. The lowest BCUT2D eigenvalue weighted by Gasteiger charge is -2.26. The molecule has 0 N–H and O–H groups in total. The average molecular weight is 337 g/mol. The minimum Gasteiger partial charge on any atom is -0.443 e. The van der Waals surface area contributed by atoms with Crippen molar-refractivity contribution in [2.45, 2.75) is 45.1 Å². The number of carbonyl (C=O) groups excluding carboxylic acids is 2. The van der Waals surface area contributed by atoms with Crippen molar-refractivity contribution in [3.05, 3.63) is 65.7 Å². The van der Waals surface area contributed by atoms with Gasteiger partial charge in [-0.05, 0) is 51.3 Å². The molecule has 0 saturated carbocycles. The van der Waals surface area contributed by atoms with Gasteiger partial charge < -0.3 is 4.74 Å². The Balaban J connectivity index is 2.02. The molecule has 25 heavy (non-hydrogen) atoms. The van der Waals surface area contributed by atoms with E-state index >= 15 is 0 Å². The normalized spacial score (nSPS) is 19.7. The highest BCUT2D eigenvalue weighted by Gasteiger charge is 2.50. The van der Waals surface area contributed by atoms with E-state index in [0.717, 1.165) is 11.1 Å². The van der Waals surface area contributed by atoms with Crippen molar-refractivity contribution < 1.29 is 14.3 Å². The summed E-state index contributed by atoms with van der Waals surface area (Å²) in [6, 6.07) is 17.3. The van der Waals surface area contributed by atoms with Gasteiger partial charge in [0.05, 0.1) is 11.1 Å². The maximum Gasteiger partial charge on any atom is 0.421 e. The van der Waals surface area contributed by atoms with Gasteiger partial charge in [0, 0.05) is 0 Å². The highest BCUT2D eigenvalue weighted by atomic mass is 16.6. The number of hydrogen-bond donors (Lipinski definition) is 0. The monoisotopic (exact) mass is 337 g/mol. The smallest absolute Gasteiger partial charge is 0.421 e. The molecule has 1 unspecified atom stereocenters. The molecule has 2 aromatic carbocycles. The first-order chi connectivity index (χ1) is 11.7. The Morgan fingerprint density at radius 2 is 1.64 bits per heavy atom. The van der Waals surface area contributed by atoms with Crippen LogP contribution in [0.1, 0.15) is 38.8 Å². The molecule has 0 fully saturated rings. The van der Waals surface area contributed by atoms with Crippen molar-refractivity contribution in [1.82, 2.24) is 0 Å². The van der Waals surface area contributed by atoms with Gasteiger partial charge >= 0.3 is 6.09 Å². The van der Waals surface area contributed by atoms with Crippen molar-refractivity contribution >= 4 is 17.7 Å². The number of hydrogen-bond acceptors (Lipinski definition) is 3. The van der Waals surface area contributed by atoms with E-state index in [1.54, 1.807) is 26.8 Å². The number of carbonyl (C=O) groups is 2. The number of anilines is 1. The Bertz CT molecular complexity index is 807. The van der Waals surface area contributed by atoms with E-state index in [2.05, 4.69) is 0 Å². The average Bonchev–Trinajstić information content (AvgIpc) is 2.75. The van der Waals surface area contributed by atoms with Gasteiger partial charge in [-0.15, -0.1) is 0 Å². The van der Waals surface area contributed by atoms with Crippen LogP contribution in [0.5, 0.6) is 0 Å². The minimum atomic E-state index is -0.797. The largest absolute Gasteiger partial charge is 0.443 e. The summed E-state index contributed by atoms with van der Waals surface area (Å²) in [6.45, 7) is 7.27. The van der Waals surface area contributed by atoms with Gasteiger partial charge in [-0.1, -0.05) is 48.5 Å². The fourth-order valence-electron chi connectivity index (χ4n) is 3.27. The van der Waals surface area contributed by atoms with Crippen molar-refractivity contribution in [2.75, 3.05) is 4.90 Å². The van der Waals surface area contributed by atoms with E-state index in [0.29, 0.717) is 12.1 Å². The predicted molar refractivity (Wildman–Crippen MR) is 97.7 cm³/mol. The lowest BCUT2D eigenvalue weighted by Crippen LogP contribution is -2.45. The standard InChI is InChI=1S/C21H23NO3/c1-20(2,3)25-19(24)22-17-13-9-8-12-16(17)21(4,18(22)23)14-15-10-6-5-7-11-15/h5-13H,14H2,1-4H3. The van der Waals surface area contributed by atoms with E-state index in [1.165, 1.54) is 4.90 Å². The molecule has 0 saturated heterocycles. The fraction of sp³-hybridized carbons (Fsp3) is 0.333. The van der Waals surface area contributed by atoms with Crippen LogP contribution in [0.2, 0.25) is 0 Å². The Hall–Kier alpha value is -2.62. The molecule has 0 aliphatic carbocycles. The fourth-order valence-corrected chi connectivity index (χ4v) is 3.27. The first-order valence-corrected chi connectivity index (χ1v) is 8.43. The van der Waals surface area contributed by atoms with Crippen LogP contribution in [-0.2, 0) is 21.4 Å². The molecule has 4 heteroatoms. The summed E-state index contributed by atoms with van der Waals surface area (Å²) in [5.74, 6) is -0.244. The number of rotatable bonds is 2. The molecule has 1 aliphatic heterocycles. The molecule has 3 rings (SSSR count). The number of benzene rings is 2. The van der Waals surface area contributed by atoms with Crippen LogP contribution in [0.15, 0.2) is 54.6 Å². The molecule has 0 aromatic heterocycles. The third-order valence-corrected chi connectivity index (χ3v) is 4.39. The molecule has 1 atom stereocenters. The van der Waals surface area contributed by atoms with Crippen molar-refractivity contribution in [3.8, 4) is 0 Å². The SMILES string of the molecule is CC(C)(C)OC(=O)N1C(=O)C(C)(Cc2ccccc2)c2ccccc21. The first kappa shape index (κ1) is 17.2. The van der Waals surface area contributed by atoms with E-state index in [1.807, 2.05) is 55.5 Å². The third kappa shape index (κ3) is 3.16. The van der Waals surface area contributed by atoms with Gasteiger partial charge in [0.15, 0.2) is 0 Å². The second-order valence-corrected chi connectivity index (χ2v) is 7.63. The summed E-state index contributed by atoms with van der Waals surface area (Å²) in [6.07, 6.45) is -0.0927. The molecule has 0 radical (unpaired) electrons. The Morgan fingerprint density at radius 1 is 1.04 bits per heavy atom. The maximum absolute atomic E-state index is 13.2.